The van der Waals surface area contributed by atoms with E-state index < -0.39 is 17.8 Å². The Morgan fingerprint density at radius 2 is 2.10 bits per heavy atom. The van der Waals surface area contributed by atoms with Crippen LogP contribution in [0.25, 0.3) is 0 Å². The molecule has 0 unspecified atom stereocenters. The van der Waals surface area contributed by atoms with Gasteiger partial charge < -0.3 is 16.2 Å². The number of fused-ring (bicyclic) bond motifs is 1. The Bertz CT molecular complexity index is 633. The summed E-state index contributed by atoms with van der Waals surface area (Å²) in [7, 11) is 0. The van der Waals surface area contributed by atoms with Gasteiger partial charge in [0.1, 0.15) is 5.00 Å². The number of carboxylic acids is 1. The highest BCUT2D eigenvalue weighted by Gasteiger charge is 2.26. The van der Waals surface area contributed by atoms with Gasteiger partial charge in [0, 0.05) is 17.0 Å². The summed E-state index contributed by atoms with van der Waals surface area (Å²) < 4.78 is 0. The first-order chi connectivity index (χ1) is 9.88. The molecule has 0 radical (unpaired) electrons. The van der Waals surface area contributed by atoms with Crippen molar-refractivity contribution < 1.29 is 19.5 Å². The van der Waals surface area contributed by atoms with E-state index in [9.17, 15) is 14.4 Å². The van der Waals surface area contributed by atoms with Gasteiger partial charge in [-0.25, -0.2) is 4.79 Å². The summed E-state index contributed by atoms with van der Waals surface area (Å²) in [5.41, 5.74) is 6.70. The third kappa shape index (κ3) is 3.49. The summed E-state index contributed by atoms with van der Waals surface area (Å²) in [4.78, 5) is 34.8. The van der Waals surface area contributed by atoms with Gasteiger partial charge in [-0.2, -0.15) is 0 Å². The molecule has 21 heavy (non-hydrogen) atoms. The van der Waals surface area contributed by atoms with Gasteiger partial charge in [0.05, 0.1) is 5.56 Å². The predicted molar refractivity (Wildman–Crippen MR) is 79.4 cm³/mol. The first-order valence-electron chi connectivity index (χ1n) is 6.54. The summed E-state index contributed by atoms with van der Waals surface area (Å²) in [5, 5.41) is 11.4. The van der Waals surface area contributed by atoms with Crippen LogP contribution in [0.3, 0.4) is 0 Å². The first-order valence-corrected chi connectivity index (χ1v) is 7.36. The van der Waals surface area contributed by atoms with Gasteiger partial charge in [-0.1, -0.05) is 6.92 Å². The van der Waals surface area contributed by atoms with Gasteiger partial charge in [-0.3, -0.25) is 9.59 Å². The van der Waals surface area contributed by atoms with Crippen LogP contribution in [-0.4, -0.2) is 22.9 Å². The van der Waals surface area contributed by atoms with Crippen molar-refractivity contribution in [1.29, 1.82) is 0 Å². The minimum absolute atomic E-state index is 0.360. The fourth-order valence-electron chi connectivity index (χ4n) is 2.40. The topological polar surface area (TPSA) is 109 Å². The van der Waals surface area contributed by atoms with Gasteiger partial charge in [-0.15, -0.1) is 11.3 Å². The van der Waals surface area contributed by atoms with Crippen LogP contribution in [0.2, 0.25) is 0 Å². The average Bonchev–Trinajstić information content (AvgIpc) is 2.73. The average molecular weight is 308 g/mol. The SMILES string of the molecule is C[C@H]1CCc2c(sc(NC(=O)/C=C/C(=O)O)c2C(N)=O)C1. The number of primary amides is 1. The molecule has 1 aromatic heterocycles. The lowest BCUT2D eigenvalue weighted by Gasteiger charge is -2.18. The fraction of sp³-hybridized carbons (Fsp3) is 0.357. The minimum atomic E-state index is -1.21. The number of carbonyl (C=O) groups is 3. The molecule has 1 atom stereocenters. The quantitative estimate of drug-likeness (QED) is 0.733. The zero-order valence-corrected chi connectivity index (χ0v) is 12.3. The maximum Gasteiger partial charge on any atom is 0.328 e. The molecule has 2 rings (SSSR count). The molecule has 112 valence electrons. The second-order valence-corrected chi connectivity index (χ2v) is 6.19. The number of nitrogens with one attached hydrogen (secondary N) is 1. The summed E-state index contributed by atoms with van der Waals surface area (Å²) in [6.07, 6.45) is 4.27. The zero-order valence-electron chi connectivity index (χ0n) is 11.5. The molecule has 0 spiro atoms. The van der Waals surface area contributed by atoms with Crippen LogP contribution in [0.4, 0.5) is 5.00 Å². The van der Waals surface area contributed by atoms with Crippen LogP contribution in [0.15, 0.2) is 12.2 Å². The Morgan fingerprint density at radius 1 is 1.38 bits per heavy atom. The van der Waals surface area contributed by atoms with Crippen molar-refractivity contribution in [2.75, 3.05) is 5.32 Å². The van der Waals surface area contributed by atoms with Crippen LogP contribution in [0.1, 0.15) is 34.1 Å². The highest BCUT2D eigenvalue weighted by atomic mass is 32.1. The number of thiophene rings is 1. The molecule has 0 aliphatic heterocycles. The Kier molecular flexibility index (Phi) is 4.42. The number of hydrogen-bond acceptors (Lipinski definition) is 4. The Balaban J connectivity index is 2.29. The van der Waals surface area contributed by atoms with Gasteiger partial charge in [0.15, 0.2) is 0 Å². The Hall–Kier alpha value is -2.15. The van der Waals surface area contributed by atoms with Gasteiger partial charge in [0.2, 0.25) is 5.91 Å². The molecule has 1 heterocycles. The van der Waals surface area contributed by atoms with Crippen LogP contribution in [0, 0.1) is 5.92 Å². The van der Waals surface area contributed by atoms with Crippen molar-refractivity contribution in [3.05, 3.63) is 28.2 Å². The molecular weight excluding hydrogens is 292 g/mol. The number of carboxylic acid groups (broad SMARTS) is 1. The maximum absolute atomic E-state index is 11.7. The lowest BCUT2D eigenvalue weighted by molar-refractivity contribution is -0.131. The third-order valence-electron chi connectivity index (χ3n) is 3.37. The van der Waals surface area contributed by atoms with Crippen molar-refractivity contribution >= 4 is 34.1 Å². The maximum atomic E-state index is 11.7. The molecule has 0 saturated carbocycles. The molecule has 2 amide bonds. The lowest BCUT2D eigenvalue weighted by atomic mass is 9.88. The number of amides is 2. The van der Waals surface area contributed by atoms with E-state index in [0.717, 1.165) is 41.9 Å². The number of rotatable bonds is 4. The van der Waals surface area contributed by atoms with Crippen molar-refractivity contribution in [1.82, 2.24) is 0 Å². The predicted octanol–water partition coefficient (Wildman–Crippen LogP) is 1.55. The lowest BCUT2D eigenvalue weighted by Crippen LogP contribution is -2.18. The molecule has 6 nitrogen and oxygen atoms in total. The zero-order chi connectivity index (χ0) is 15.6. The molecule has 0 fully saturated rings. The smallest absolute Gasteiger partial charge is 0.328 e. The van der Waals surface area contributed by atoms with E-state index in [1.807, 2.05) is 0 Å². The van der Waals surface area contributed by atoms with E-state index in [-0.39, 0.29) is 0 Å². The van der Waals surface area contributed by atoms with Crippen molar-refractivity contribution in [2.24, 2.45) is 11.7 Å². The number of anilines is 1. The monoisotopic (exact) mass is 308 g/mol. The molecule has 7 heteroatoms. The fourth-order valence-corrected chi connectivity index (χ4v) is 3.82. The van der Waals surface area contributed by atoms with E-state index in [0.29, 0.717) is 16.5 Å². The molecule has 0 aromatic carbocycles. The van der Waals surface area contributed by atoms with Crippen LogP contribution in [0.5, 0.6) is 0 Å². The standard InChI is InChI=1S/C14H16N2O4S/c1-7-2-3-8-9(6-7)21-14(12(8)13(15)20)16-10(17)4-5-11(18)19/h4-5,7H,2-3,6H2,1H3,(H2,15,20)(H,16,17)(H,18,19)/b5-4+/t7-/m0/s1. The molecular formula is C14H16N2O4S. The number of nitrogens with two attached hydrogens (primary N) is 1. The molecule has 1 aliphatic rings. The van der Waals surface area contributed by atoms with Crippen LogP contribution >= 0.6 is 11.3 Å². The second kappa shape index (κ2) is 6.09. The number of aliphatic carboxylic acids is 1. The van der Waals surface area contributed by atoms with E-state index in [2.05, 4.69) is 12.2 Å². The normalized spacial score (nSPS) is 17.5. The van der Waals surface area contributed by atoms with Gasteiger partial charge in [-0.05, 0) is 30.7 Å². The third-order valence-corrected chi connectivity index (χ3v) is 4.54. The van der Waals surface area contributed by atoms with E-state index in [1.54, 1.807) is 0 Å². The first kappa shape index (κ1) is 15.2. The number of carbonyl (C=O) groups excluding carboxylic acids is 2. The van der Waals surface area contributed by atoms with E-state index in [4.69, 9.17) is 10.8 Å². The van der Waals surface area contributed by atoms with Gasteiger partial charge in [0.25, 0.3) is 5.91 Å². The molecule has 1 aliphatic carbocycles. The second-order valence-electron chi connectivity index (χ2n) is 5.08. The number of hydrogen-bond donors (Lipinski definition) is 3. The van der Waals surface area contributed by atoms with Crippen LogP contribution in [-0.2, 0) is 22.4 Å². The van der Waals surface area contributed by atoms with Crippen LogP contribution < -0.4 is 11.1 Å². The highest BCUT2D eigenvalue weighted by Crippen LogP contribution is 2.39. The molecule has 0 bridgehead atoms. The van der Waals surface area contributed by atoms with Crippen molar-refractivity contribution in [3.63, 3.8) is 0 Å². The summed E-state index contributed by atoms with van der Waals surface area (Å²) in [6, 6.07) is 0. The van der Waals surface area contributed by atoms with Crippen molar-refractivity contribution in [3.8, 4) is 0 Å². The molecule has 1 aromatic rings. The molecule has 0 saturated heterocycles. The highest BCUT2D eigenvalue weighted by molar-refractivity contribution is 7.17. The summed E-state index contributed by atoms with van der Waals surface area (Å²) in [6.45, 7) is 2.14. The summed E-state index contributed by atoms with van der Waals surface area (Å²) in [5.74, 6) is -1.84. The van der Waals surface area contributed by atoms with Gasteiger partial charge >= 0.3 is 5.97 Å². The Morgan fingerprint density at radius 3 is 2.71 bits per heavy atom. The molecule has 4 N–H and O–H groups in total. The summed E-state index contributed by atoms with van der Waals surface area (Å²) >= 11 is 1.34. The van der Waals surface area contributed by atoms with E-state index >= 15 is 0 Å². The Labute approximate surface area is 125 Å². The minimum Gasteiger partial charge on any atom is -0.478 e. The van der Waals surface area contributed by atoms with E-state index in [1.165, 1.54) is 11.3 Å². The van der Waals surface area contributed by atoms with Crippen molar-refractivity contribution in [2.45, 2.75) is 26.2 Å². The largest absolute Gasteiger partial charge is 0.478 e.